The van der Waals surface area contributed by atoms with E-state index in [4.69, 9.17) is 9.47 Å². The molecule has 0 amide bonds. The van der Waals surface area contributed by atoms with Gasteiger partial charge in [0.2, 0.25) is 5.88 Å². The Bertz CT molecular complexity index is 1250. The van der Waals surface area contributed by atoms with E-state index in [1.807, 2.05) is 30.3 Å². The van der Waals surface area contributed by atoms with Gasteiger partial charge in [-0.05, 0) is 23.6 Å². The third-order valence-corrected chi connectivity index (χ3v) is 6.72. The molecule has 1 aliphatic heterocycles. The Morgan fingerprint density at radius 3 is 2.72 bits per heavy atom. The summed E-state index contributed by atoms with van der Waals surface area (Å²) in [4.78, 5) is 42.7. The van der Waals surface area contributed by atoms with Crippen molar-refractivity contribution in [2.24, 2.45) is 13.0 Å². The quantitative estimate of drug-likeness (QED) is 0.416. The van der Waals surface area contributed by atoms with Crippen molar-refractivity contribution in [1.29, 1.82) is 0 Å². The normalized spacial score (nSPS) is 15.1. The van der Waals surface area contributed by atoms with Crippen LogP contribution in [0.1, 0.15) is 16.7 Å². The second-order valence-corrected chi connectivity index (χ2v) is 8.54. The third kappa shape index (κ3) is 4.47. The van der Waals surface area contributed by atoms with Crippen LogP contribution in [0.3, 0.4) is 0 Å². The van der Waals surface area contributed by atoms with Gasteiger partial charge in [0.25, 0.3) is 5.56 Å². The zero-order valence-corrected chi connectivity index (χ0v) is 18.6. The number of rotatable bonds is 6. The van der Waals surface area contributed by atoms with Crippen LogP contribution in [0, 0.1) is 5.92 Å². The Labute approximate surface area is 188 Å². The summed E-state index contributed by atoms with van der Waals surface area (Å²) in [6, 6.07) is 12.8. The summed E-state index contributed by atoms with van der Waals surface area (Å²) in [5, 5.41) is 0.618. The maximum absolute atomic E-state index is 13.2. The molecule has 2 aromatic heterocycles. The number of carbonyl (C=O) groups excluding carboxylic acids is 1. The van der Waals surface area contributed by atoms with Crippen LogP contribution >= 0.6 is 11.8 Å². The fourth-order valence-electron chi connectivity index (χ4n) is 3.64. The van der Waals surface area contributed by atoms with E-state index in [9.17, 15) is 14.4 Å². The summed E-state index contributed by atoms with van der Waals surface area (Å²) >= 11 is 1.34. The van der Waals surface area contributed by atoms with Gasteiger partial charge in [0.15, 0.2) is 0 Å². The van der Waals surface area contributed by atoms with Crippen LogP contribution in [0.25, 0.3) is 0 Å². The van der Waals surface area contributed by atoms with E-state index in [2.05, 4.69) is 4.98 Å². The molecule has 0 saturated heterocycles. The van der Waals surface area contributed by atoms with Crippen molar-refractivity contribution in [2.45, 2.75) is 24.6 Å². The van der Waals surface area contributed by atoms with Gasteiger partial charge in [0, 0.05) is 30.6 Å². The molecule has 0 spiro atoms. The van der Waals surface area contributed by atoms with Gasteiger partial charge < -0.3 is 9.47 Å². The molecule has 32 heavy (non-hydrogen) atoms. The molecule has 0 N–H and O–H groups in total. The molecule has 4 rings (SSSR count). The second-order valence-electron chi connectivity index (χ2n) is 7.53. The molecule has 0 saturated carbocycles. The molecule has 9 heteroatoms. The molecule has 8 nitrogen and oxygen atoms in total. The van der Waals surface area contributed by atoms with E-state index >= 15 is 0 Å². The highest BCUT2D eigenvalue weighted by atomic mass is 32.2. The van der Waals surface area contributed by atoms with Gasteiger partial charge in [-0.15, -0.1) is 11.8 Å². The van der Waals surface area contributed by atoms with Crippen LogP contribution in [-0.4, -0.2) is 33.0 Å². The van der Waals surface area contributed by atoms with Crippen molar-refractivity contribution in [3.63, 3.8) is 0 Å². The van der Waals surface area contributed by atoms with Crippen LogP contribution in [0.5, 0.6) is 5.88 Å². The largest absolute Gasteiger partial charge is 0.481 e. The highest BCUT2D eigenvalue weighted by Crippen LogP contribution is 2.30. The van der Waals surface area contributed by atoms with Gasteiger partial charge >= 0.3 is 11.7 Å². The van der Waals surface area contributed by atoms with E-state index in [1.165, 1.54) is 28.0 Å². The molecule has 1 atom stereocenters. The number of methoxy groups -OCH3 is 1. The second kappa shape index (κ2) is 9.44. The van der Waals surface area contributed by atoms with Gasteiger partial charge in [-0.3, -0.25) is 18.7 Å². The van der Waals surface area contributed by atoms with E-state index in [-0.39, 0.29) is 36.8 Å². The van der Waals surface area contributed by atoms with Crippen LogP contribution in [0.4, 0.5) is 0 Å². The van der Waals surface area contributed by atoms with Crippen molar-refractivity contribution in [2.75, 3.05) is 12.9 Å². The highest BCUT2D eigenvalue weighted by molar-refractivity contribution is 7.99. The summed E-state index contributed by atoms with van der Waals surface area (Å²) in [7, 11) is 3.18. The third-order valence-electron chi connectivity index (χ3n) is 5.36. The number of aromatic nitrogens is 3. The molecule has 0 radical (unpaired) electrons. The maximum Gasteiger partial charge on any atom is 0.331 e. The van der Waals surface area contributed by atoms with E-state index in [1.54, 1.807) is 25.4 Å². The molecule has 1 unspecified atom stereocenters. The first kappa shape index (κ1) is 21.9. The first-order valence-electron chi connectivity index (χ1n) is 10.1. The van der Waals surface area contributed by atoms with Crippen LogP contribution < -0.4 is 16.0 Å². The highest BCUT2D eigenvalue weighted by Gasteiger charge is 2.31. The molecule has 3 aromatic rings. The van der Waals surface area contributed by atoms with Crippen LogP contribution in [0.2, 0.25) is 0 Å². The Balaban J connectivity index is 1.54. The number of pyridine rings is 1. The lowest BCUT2D eigenvalue weighted by molar-refractivity contribution is -0.149. The van der Waals surface area contributed by atoms with Crippen molar-refractivity contribution in [1.82, 2.24) is 14.1 Å². The predicted molar refractivity (Wildman–Crippen MR) is 120 cm³/mol. The summed E-state index contributed by atoms with van der Waals surface area (Å²) in [6.45, 7) is 0.278. The molecular formula is C23H23N3O5S. The van der Waals surface area contributed by atoms with Gasteiger partial charge in [-0.2, -0.15) is 0 Å². The van der Waals surface area contributed by atoms with Crippen LogP contribution in [0.15, 0.2) is 63.3 Å². The Morgan fingerprint density at radius 1 is 1.19 bits per heavy atom. The summed E-state index contributed by atoms with van der Waals surface area (Å²) < 4.78 is 13.3. The average molecular weight is 454 g/mol. The van der Waals surface area contributed by atoms with Crippen molar-refractivity contribution >= 4 is 17.7 Å². The van der Waals surface area contributed by atoms with E-state index in [0.29, 0.717) is 22.2 Å². The molecule has 1 aromatic carbocycles. The summed E-state index contributed by atoms with van der Waals surface area (Å²) in [5.74, 6) is 0.0509. The van der Waals surface area contributed by atoms with Gasteiger partial charge in [0.05, 0.1) is 24.6 Å². The predicted octanol–water partition coefficient (Wildman–Crippen LogP) is 2.01. The molecule has 0 aliphatic carbocycles. The lowest BCUT2D eigenvalue weighted by Gasteiger charge is -2.24. The number of hydrogen-bond acceptors (Lipinski definition) is 7. The molecule has 1 aliphatic rings. The average Bonchev–Trinajstić information content (AvgIpc) is 2.84. The lowest BCUT2D eigenvalue weighted by atomic mass is 10.0. The minimum absolute atomic E-state index is 0.0945. The summed E-state index contributed by atoms with van der Waals surface area (Å²) in [6.07, 6.45) is 1.83. The number of esters is 1. The Kier molecular flexibility index (Phi) is 6.45. The molecule has 0 fully saturated rings. The zero-order chi connectivity index (χ0) is 22.7. The number of fused-ring (bicyclic) bond motifs is 1. The molecule has 166 valence electrons. The first-order chi connectivity index (χ1) is 15.5. The Morgan fingerprint density at radius 2 is 1.97 bits per heavy atom. The molecular weight excluding hydrogens is 430 g/mol. The standard InChI is InChI=1S/C23H23N3O5S/c1-25-21-18(20(27)26(23(25)29)12-15-6-4-3-5-7-15)11-17(14-32-21)22(28)31-13-16-8-9-24-19(10-16)30-2/h3-10,17H,11-14H2,1-2H3. The topological polar surface area (TPSA) is 92.4 Å². The van der Waals surface area contributed by atoms with Crippen molar-refractivity contribution in [3.05, 3.63) is 86.2 Å². The molecule has 0 bridgehead atoms. The lowest BCUT2D eigenvalue weighted by Crippen LogP contribution is -2.44. The van der Waals surface area contributed by atoms with Crippen LogP contribution in [-0.2, 0) is 36.2 Å². The van der Waals surface area contributed by atoms with Gasteiger partial charge in [-0.25, -0.2) is 9.78 Å². The monoisotopic (exact) mass is 453 g/mol. The van der Waals surface area contributed by atoms with Crippen molar-refractivity contribution in [3.8, 4) is 5.88 Å². The SMILES string of the molecule is COc1cc(COC(=O)C2CSc3c(c(=O)n(Cc4ccccc4)c(=O)n3C)C2)ccn1. The number of benzene rings is 1. The van der Waals surface area contributed by atoms with Gasteiger partial charge in [-0.1, -0.05) is 30.3 Å². The number of carbonyl (C=O) groups is 1. The Hall–Kier alpha value is -3.33. The smallest absolute Gasteiger partial charge is 0.331 e. The zero-order valence-electron chi connectivity index (χ0n) is 17.8. The van der Waals surface area contributed by atoms with Gasteiger partial charge in [0.1, 0.15) is 6.61 Å². The summed E-state index contributed by atoms with van der Waals surface area (Å²) in [5.41, 5.74) is 1.39. The minimum atomic E-state index is -0.466. The van der Waals surface area contributed by atoms with E-state index < -0.39 is 5.92 Å². The van der Waals surface area contributed by atoms with E-state index in [0.717, 1.165) is 11.1 Å². The minimum Gasteiger partial charge on any atom is -0.481 e. The maximum atomic E-state index is 13.2. The van der Waals surface area contributed by atoms with Crippen molar-refractivity contribution < 1.29 is 14.3 Å². The fourth-order valence-corrected chi connectivity index (χ4v) is 4.87. The number of nitrogens with zero attached hydrogens (tertiary/aromatic N) is 3. The molecule has 3 heterocycles. The fraction of sp³-hybridized carbons (Fsp3) is 0.304. The number of thioether (sulfide) groups is 1. The number of ether oxygens (including phenoxy) is 2. The number of hydrogen-bond donors (Lipinski definition) is 0. The first-order valence-corrected chi connectivity index (χ1v) is 11.1.